The number of fused-ring (bicyclic) bond motifs is 1. The molecule has 0 bridgehead atoms. The Morgan fingerprint density at radius 2 is 2.03 bits per heavy atom. The molecular weight excluding hydrogens is 432 g/mol. The maximum absolute atomic E-state index is 14.0. The molecule has 4 rings (SSSR count). The summed E-state index contributed by atoms with van der Waals surface area (Å²) in [7, 11) is 1.79. The van der Waals surface area contributed by atoms with Crippen LogP contribution in [0.4, 0.5) is 0 Å². The normalized spacial score (nSPS) is 22.0. The number of rotatable bonds is 4. The molecule has 1 aromatic heterocycles. The van der Waals surface area contributed by atoms with Gasteiger partial charge >= 0.3 is 0 Å². The van der Waals surface area contributed by atoms with E-state index in [0.29, 0.717) is 44.8 Å². The van der Waals surface area contributed by atoms with Crippen LogP contribution >= 0.6 is 0 Å². The predicted octanol–water partition coefficient (Wildman–Crippen LogP) is 3.07. The number of hydrogen-bond acceptors (Lipinski definition) is 5. The second kappa shape index (κ2) is 11.0. The molecule has 0 saturated carbocycles. The Morgan fingerprint density at radius 3 is 2.82 bits per heavy atom. The average Bonchev–Trinajstić information content (AvgIpc) is 3.29. The highest BCUT2D eigenvalue weighted by molar-refractivity contribution is 5.95. The lowest BCUT2D eigenvalue weighted by atomic mass is 9.90. The van der Waals surface area contributed by atoms with Crippen LogP contribution < -0.4 is 4.74 Å². The summed E-state index contributed by atoms with van der Waals surface area (Å²) in [4.78, 5) is 30.8. The van der Waals surface area contributed by atoms with Gasteiger partial charge in [0.1, 0.15) is 12.4 Å². The van der Waals surface area contributed by atoms with Crippen molar-refractivity contribution >= 4 is 11.8 Å². The topological polar surface area (TPSA) is 76.9 Å². The van der Waals surface area contributed by atoms with Crippen molar-refractivity contribution in [2.75, 3.05) is 39.4 Å². The average molecular weight is 469 g/mol. The van der Waals surface area contributed by atoms with E-state index in [1.165, 1.54) is 5.56 Å². The highest BCUT2D eigenvalue weighted by Gasteiger charge is 2.46. The minimum absolute atomic E-state index is 0.0258. The van der Waals surface area contributed by atoms with E-state index < -0.39 is 5.60 Å². The van der Waals surface area contributed by atoms with Gasteiger partial charge in [-0.05, 0) is 43.7 Å². The van der Waals surface area contributed by atoms with Crippen molar-refractivity contribution in [3.8, 4) is 5.75 Å². The summed E-state index contributed by atoms with van der Waals surface area (Å²) >= 11 is 0. The van der Waals surface area contributed by atoms with Crippen molar-refractivity contribution < 1.29 is 19.1 Å². The largest absolute Gasteiger partial charge is 0.491 e. The smallest absolute Gasteiger partial charge is 0.257 e. The third kappa shape index (κ3) is 5.43. The molecular formula is C26H36N4O4. The number of amides is 2. The van der Waals surface area contributed by atoms with Crippen LogP contribution in [0.5, 0.6) is 5.75 Å². The number of hydrogen-bond donors (Lipinski definition) is 0. The fraction of sp³-hybridized carbons (Fsp3) is 0.577. The second-order valence-electron chi connectivity index (χ2n) is 9.28. The van der Waals surface area contributed by atoms with Gasteiger partial charge in [-0.3, -0.25) is 14.3 Å². The summed E-state index contributed by atoms with van der Waals surface area (Å²) in [6.45, 7) is 4.78. The van der Waals surface area contributed by atoms with E-state index in [4.69, 9.17) is 9.47 Å². The number of carbonyl (C=O) groups excluding carboxylic acids is 2. The van der Waals surface area contributed by atoms with E-state index in [9.17, 15) is 9.59 Å². The monoisotopic (exact) mass is 468 g/mol. The van der Waals surface area contributed by atoms with E-state index >= 15 is 0 Å². The highest BCUT2D eigenvalue weighted by Crippen LogP contribution is 2.30. The van der Waals surface area contributed by atoms with E-state index in [2.05, 4.69) is 18.1 Å². The van der Waals surface area contributed by atoms with Gasteiger partial charge in [0.15, 0.2) is 5.60 Å². The maximum Gasteiger partial charge on any atom is 0.257 e. The van der Waals surface area contributed by atoms with E-state index in [1.807, 2.05) is 23.1 Å². The third-order valence-electron chi connectivity index (χ3n) is 6.75. The summed E-state index contributed by atoms with van der Waals surface area (Å²) in [6.07, 6.45) is 8.43. The van der Waals surface area contributed by atoms with Gasteiger partial charge in [0.05, 0.1) is 31.5 Å². The van der Waals surface area contributed by atoms with Gasteiger partial charge in [0.2, 0.25) is 0 Å². The molecule has 3 heterocycles. The summed E-state index contributed by atoms with van der Waals surface area (Å²) in [5.74, 6) is 0.775. The van der Waals surface area contributed by atoms with Crippen molar-refractivity contribution in [3.05, 3.63) is 47.8 Å². The van der Waals surface area contributed by atoms with Gasteiger partial charge in [0, 0.05) is 26.3 Å². The molecule has 0 radical (unpaired) electrons. The van der Waals surface area contributed by atoms with Crippen LogP contribution in [0, 0.1) is 0 Å². The molecule has 2 aliphatic rings. The summed E-state index contributed by atoms with van der Waals surface area (Å²) < 4.78 is 14.0. The van der Waals surface area contributed by atoms with E-state index in [0.717, 1.165) is 37.9 Å². The number of aryl methyl sites for hydroxylation is 2. The second-order valence-corrected chi connectivity index (χ2v) is 9.28. The zero-order chi connectivity index (χ0) is 24.0. The highest BCUT2D eigenvalue weighted by atomic mass is 16.5. The van der Waals surface area contributed by atoms with Gasteiger partial charge in [0.25, 0.3) is 11.8 Å². The lowest BCUT2D eigenvalue weighted by Crippen LogP contribution is -2.62. The lowest BCUT2D eigenvalue weighted by Gasteiger charge is -2.44. The number of nitrogens with zero attached hydrogens (tertiary/aromatic N) is 4. The van der Waals surface area contributed by atoms with E-state index in [1.54, 1.807) is 29.0 Å². The first kappa shape index (κ1) is 24.3. The molecule has 1 atom stereocenters. The SMILES string of the molecule is CCCCN1CCOc2ccccc2CCCCC2(CN(C(=O)c3cnn(C)c3)CCO2)C1=O. The molecule has 184 valence electrons. The van der Waals surface area contributed by atoms with Crippen molar-refractivity contribution in [3.63, 3.8) is 0 Å². The number of para-hydroxylation sites is 1. The molecule has 8 nitrogen and oxygen atoms in total. The molecule has 0 aliphatic carbocycles. The number of aromatic nitrogens is 2. The predicted molar refractivity (Wildman–Crippen MR) is 129 cm³/mol. The Balaban J connectivity index is 1.58. The first-order valence-corrected chi connectivity index (χ1v) is 12.4. The van der Waals surface area contributed by atoms with Crippen LogP contribution in [0.2, 0.25) is 0 Å². The first-order valence-electron chi connectivity index (χ1n) is 12.4. The number of benzene rings is 1. The van der Waals surface area contributed by atoms with Crippen molar-refractivity contribution in [1.29, 1.82) is 0 Å². The molecule has 1 unspecified atom stereocenters. The van der Waals surface area contributed by atoms with Crippen LogP contribution in [0.25, 0.3) is 0 Å². The number of morpholine rings is 1. The molecule has 34 heavy (non-hydrogen) atoms. The third-order valence-corrected chi connectivity index (χ3v) is 6.75. The molecule has 1 fully saturated rings. The fourth-order valence-corrected chi connectivity index (χ4v) is 4.85. The standard InChI is InChI=1S/C26H36N4O4/c1-3-4-13-29-14-16-33-23-11-6-5-9-21(23)10-7-8-12-26(25(29)32)20-30(15-17-34-26)24(31)22-18-27-28(2)19-22/h5-6,9,11,18-19H,3-4,7-8,10,12-17,20H2,1-2H3. The fourth-order valence-electron chi connectivity index (χ4n) is 4.85. The lowest BCUT2D eigenvalue weighted by molar-refractivity contribution is -0.170. The van der Waals surface area contributed by atoms with Gasteiger partial charge < -0.3 is 19.3 Å². The summed E-state index contributed by atoms with van der Waals surface area (Å²) in [5, 5.41) is 4.13. The minimum Gasteiger partial charge on any atom is -0.491 e. The van der Waals surface area contributed by atoms with Crippen LogP contribution in [0.3, 0.4) is 0 Å². The summed E-state index contributed by atoms with van der Waals surface area (Å²) in [6, 6.07) is 8.15. The molecule has 2 aliphatic heterocycles. The number of unbranched alkanes of at least 4 members (excludes halogenated alkanes) is 1. The van der Waals surface area contributed by atoms with Crippen molar-refractivity contribution in [1.82, 2.24) is 19.6 Å². The Kier molecular flexibility index (Phi) is 7.88. The number of ether oxygens (including phenoxy) is 2. The number of carbonyl (C=O) groups is 2. The molecule has 0 N–H and O–H groups in total. The molecule has 1 spiro atoms. The van der Waals surface area contributed by atoms with Gasteiger partial charge in [-0.25, -0.2) is 0 Å². The van der Waals surface area contributed by atoms with Gasteiger partial charge in [-0.15, -0.1) is 0 Å². The maximum atomic E-state index is 14.0. The minimum atomic E-state index is -1.03. The molecule has 1 aromatic carbocycles. The zero-order valence-electron chi connectivity index (χ0n) is 20.4. The van der Waals surface area contributed by atoms with E-state index in [-0.39, 0.29) is 18.4 Å². The molecule has 2 aromatic rings. The quantitative estimate of drug-likeness (QED) is 0.689. The van der Waals surface area contributed by atoms with Crippen LogP contribution in [0.1, 0.15) is 54.9 Å². The van der Waals surface area contributed by atoms with Crippen molar-refractivity contribution in [2.45, 2.75) is 51.0 Å². The zero-order valence-corrected chi connectivity index (χ0v) is 20.4. The summed E-state index contributed by atoms with van der Waals surface area (Å²) in [5.41, 5.74) is 0.706. The Morgan fingerprint density at radius 1 is 1.18 bits per heavy atom. The van der Waals surface area contributed by atoms with Crippen molar-refractivity contribution in [2.24, 2.45) is 7.05 Å². The Bertz CT molecular complexity index is 991. The Hall–Kier alpha value is -2.87. The molecule has 2 amide bonds. The molecule has 1 saturated heterocycles. The van der Waals surface area contributed by atoms with Gasteiger partial charge in [-0.2, -0.15) is 5.10 Å². The Labute approximate surface area is 201 Å². The van der Waals surface area contributed by atoms with Crippen LogP contribution in [0.15, 0.2) is 36.7 Å². The van der Waals surface area contributed by atoms with Gasteiger partial charge in [-0.1, -0.05) is 31.5 Å². The van der Waals surface area contributed by atoms with Crippen LogP contribution in [-0.2, 0) is 23.0 Å². The van der Waals surface area contributed by atoms with Crippen LogP contribution in [-0.4, -0.2) is 76.4 Å². The molecule has 8 heteroatoms. The first-order chi connectivity index (χ1) is 16.5.